The van der Waals surface area contributed by atoms with Gasteiger partial charge >= 0.3 is 6.09 Å². The maximum Gasteiger partial charge on any atom is 0.410 e. The Morgan fingerprint density at radius 2 is 1.00 bits per heavy atom. The van der Waals surface area contributed by atoms with Gasteiger partial charge in [-0.05, 0) is 19.3 Å². The van der Waals surface area contributed by atoms with Crippen LogP contribution >= 0.6 is 0 Å². The molecule has 7 nitrogen and oxygen atoms in total. The Kier molecular flexibility index (Phi) is 32.5. The fourth-order valence-corrected chi connectivity index (χ4v) is 6.84. The van der Waals surface area contributed by atoms with Crippen LogP contribution in [0, 0.1) is 0 Å². The van der Waals surface area contributed by atoms with Gasteiger partial charge in [0.25, 0.3) is 0 Å². The first-order valence-electron chi connectivity index (χ1n) is 21.0. The lowest BCUT2D eigenvalue weighted by Crippen LogP contribution is -2.40. The number of carbonyl (C=O) groups is 1. The maximum absolute atomic E-state index is 12.7. The number of rotatable bonds is 36. The highest BCUT2D eigenvalue weighted by Gasteiger charge is 2.35. The number of unbranched alkanes of at least 4 members (excludes halogenated alkanes) is 26. The van der Waals surface area contributed by atoms with E-state index in [9.17, 15) is 15.0 Å². The van der Waals surface area contributed by atoms with E-state index in [1.165, 1.54) is 165 Å². The highest BCUT2D eigenvalue weighted by Crippen LogP contribution is 2.19. The minimum absolute atomic E-state index is 0.126. The van der Waals surface area contributed by atoms with E-state index in [1.54, 1.807) is 0 Å². The molecule has 0 aliphatic carbocycles. The molecule has 286 valence electrons. The molecule has 0 radical (unpaired) electrons. The van der Waals surface area contributed by atoms with Crippen molar-refractivity contribution in [1.29, 1.82) is 0 Å². The summed E-state index contributed by atoms with van der Waals surface area (Å²) >= 11 is 0. The lowest BCUT2D eigenvalue weighted by Gasteiger charge is -2.24. The van der Waals surface area contributed by atoms with Crippen molar-refractivity contribution in [3.8, 4) is 0 Å². The molecule has 0 aromatic rings. The summed E-state index contributed by atoms with van der Waals surface area (Å²) in [6.45, 7) is 6.47. The minimum atomic E-state index is -0.615. The molecule has 0 saturated carbocycles. The molecule has 1 fully saturated rings. The summed E-state index contributed by atoms with van der Waals surface area (Å²) in [7, 11) is 0. The predicted octanol–water partition coefficient (Wildman–Crippen LogP) is 10.9. The summed E-state index contributed by atoms with van der Waals surface area (Å²) < 4.78 is 17.7. The third-order valence-electron chi connectivity index (χ3n) is 10.0. The van der Waals surface area contributed by atoms with Crippen molar-refractivity contribution in [2.45, 2.75) is 218 Å². The molecule has 0 aromatic carbocycles. The van der Waals surface area contributed by atoms with Crippen LogP contribution in [0.1, 0.15) is 200 Å². The fraction of sp³-hybridized carbons (Fsp3) is 0.976. The predicted molar refractivity (Wildman–Crippen MR) is 201 cm³/mol. The van der Waals surface area contributed by atoms with Crippen LogP contribution in [0.2, 0.25) is 0 Å². The number of amides is 1. The SMILES string of the molecule is CCCCCCCCCCCCCCCCOC[C@@H](COC(=O)N1C[C@H](O)C[C@H]1CO)OCCCCCCCCCCCCCCCC. The van der Waals surface area contributed by atoms with Crippen molar-refractivity contribution in [3.63, 3.8) is 0 Å². The number of aliphatic hydroxyl groups excluding tert-OH is 2. The van der Waals surface area contributed by atoms with Gasteiger partial charge in [0.1, 0.15) is 12.7 Å². The monoisotopic (exact) mass is 684 g/mol. The summed E-state index contributed by atoms with van der Waals surface area (Å²) in [4.78, 5) is 14.1. The number of nitrogens with zero attached hydrogens (tertiary/aromatic N) is 1. The van der Waals surface area contributed by atoms with E-state index in [1.807, 2.05) is 0 Å². The van der Waals surface area contributed by atoms with Gasteiger partial charge in [0, 0.05) is 13.2 Å². The molecule has 1 heterocycles. The molecule has 3 atom stereocenters. The molecule has 1 aliphatic heterocycles. The van der Waals surface area contributed by atoms with Crippen molar-refractivity contribution in [2.75, 3.05) is 39.6 Å². The number of hydrogen-bond acceptors (Lipinski definition) is 6. The number of likely N-dealkylation sites (tertiary alicyclic amines) is 1. The zero-order valence-electron chi connectivity index (χ0n) is 32.0. The first-order valence-corrected chi connectivity index (χ1v) is 21.0. The van der Waals surface area contributed by atoms with Crippen molar-refractivity contribution in [3.05, 3.63) is 0 Å². The summed E-state index contributed by atoms with van der Waals surface area (Å²) in [5.74, 6) is 0. The summed E-state index contributed by atoms with van der Waals surface area (Å²) in [6, 6.07) is -0.390. The Hall–Kier alpha value is -0.890. The summed E-state index contributed by atoms with van der Waals surface area (Å²) in [6.07, 6.45) is 36.2. The van der Waals surface area contributed by atoms with Crippen molar-refractivity contribution >= 4 is 6.09 Å². The lowest BCUT2D eigenvalue weighted by molar-refractivity contribution is -0.0515. The number of β-amino-alcohol motifs (C(OH)–C–C–N with tert-alkyl or cyclic N) is 1. The van der Waals surface area contributed by atoms with E-state index in [2.05, 4.69) is 13.8 Å². The second kappa shape index (κ2) is 34.6. The van der Waals surface area contributed by atoms with Gasteiger partial charge < -0.3 is 29.3 Å². The zero-order chi connectivity index (χ0) is 34.8. The maximum atomic E-state index is 12.7. The molecule has 1 amide bonds. The van der Waals surface area contributed by atoms with Crippen LogP contribution in [0.25, 0.3) is 0 Å². The fourth-order valence-electron chi connectivity index (χ4n) is 6.84. The van der Waals surface area contributed by atoms with Gasteiger partial charge in [-0.15, -0.1) is 0 Å². The van der Waals surface area contributed by atoms with Crippen LogP contribution in [0.15, 0.2) is 0 Å². The standard InChI is InChI=1S/C41H81NO6/c1-3-5-7-9-11-13-15-17-19-21-23-25-27-29-31-46-36-40(37-48-41(45)42-34-39(44)33-38(42)35-43)47-32-30-28-26-24-22-20-18-16-14-12-10-8-6-4-2/h38-40,43-44H,3-37H2,1-2H3/t38-,39+,40-/m0/s1. The summed E-state index contributed by atoms with van der Waals surface area (Å²) in [5.41, 5.74) is 0. The highest BCUT2D eigenvalue weighted by molar-refractivity contribution is 5.68. The zero-order valence-corrected chi connectivity index (χ0v) is 32.0. The van der Waals surface area contributed by atoms with E-state index in [4.69, 9.17) is 14.2 Å². The van der Waals surface area contributed by atoms with Crippen LogP contribution in [0.3, 0.4) is 0 Å². The van der Waals surface area contributed by atoms with Crippen molar-refractivity contribution in [2.24, 2.45) is 0 Å². The first kappa shape index (κ1) is 45.1. The number of carbonyl (C=O) groups excluding carboxylic acids is 1. The van der Waals surface area contributed by atoms with Gasteiger partial charge in [0.05, 0.1) is 31.9 Å². The second-order valence-corrected chi connectivity index (χ2v) is 14.7. The molecule has 0 spiro atoms. The Morgan fingerprint density at radius 1 is 0.604 bits per heavy atom. The molecular formula is C41H81NO6. The van der Waals surface area contributed by atoms with Gasteiger partial charge in [-0.3, -0.25) is 0 Å². The van der Waals surface area contributed by atoms with Crippen molar-refractivity contribution in [1.82, 2.24) is 4.90 Å². The Labute approximate surface area is 297 Å². The Balaban J connectivity index is 2.15. The van der Waals surface area contributed by atoms with Gasteiger partial charge in [-0.1, -0.05) is 181 Å². The minimum Gasteiger partial charge on any atom is -0.447 e. The van der Waals surface area contributed by atoms with Crippen LogP contribution < -0.4 is 0 Å². The van der Waals surface area contributed by atoms with Gasteiger partial charge in [-0.25, -0.2) is 4.79 Å². The van der Waals surface area contributed by atoms with Crippen LogP contribution in [0.4, 0.5) is 4.79 Å². The Morgan fingerprint density at radius 3 is 1.42 bits per heavy atom. The quantitative estimate of drug-likeness (QED) is 0.0639. The smallest absolute Gasteiger partial charge is 0.410 e. The third-order valence-corrected chi connectivity index (χ3v) is 10.0. The molecule has 48 heavy (non-hydrogen) atoms. The molecular weight excluding hydrogens is 602 g/mol. The topological polar surface area (TPSA) is 88.5 Å². The third kappa shape index (κ3) is 26.9. The van der Waals surface area contributed by atoms with Gasteiger partial charge in [0.15, 0.2) is 0 Å². The normalized spacial score (nSPS) is 17.0. The van der Waals surface area contributed by atoms with E-state index < -0.39 is 12.2 Å². The van der Waals surface area contributed by atoms with E-state index in [-0.39, 0.29) is 31.9 Å². The number of aliphatic hydroxyl groups is 2. The van der Waals surface area contributed by atoms with E-state index in [0.29, 0.717) is 26.2 Å². The Bertz CT molecular complexity index is 679. The molecule has 0 aromatic heterocycles. The largest absolute Gasteiger partial charge is 0.447 e. The van der Waals surface area contributed by atoms with Crippen LogP contribution in [-0.4, -0.2) is 79.0 Å². The van der Waals surface area contributed by atoms with Crippen LogP contribution in [-0.2, 0) is 14.2 Å². The number of hydrogen-bond donors (Lipinski definition) is 2. The number of ether oxygens (including phenoxy) is 3. The van der Waals surface area contributed by atoms with Crippen molar-refractivity contribution < 1.29 is 29.2 Å². The molecule has 1 saturated heterocycles. The molecule has 0 bridgehead atoms. The first-order chi connectivity index (χ1) is 23.6. The molecule has 1 aliphatic rings. The molecule has 0 unspecified atom stereocenters. The molecule has 2 N–H and O–H groups in total. The lowest BCUT2D eigenvalue weighted by atomic mass is 10.0. The summed E-state index contributed by atoms with van der Waals surface area (Å²) in [5, 5.41) is 19.5. The van der Waals surface area contributed by atoms with E-state index in [0.717, 1.165) is 19.3 Å². The average Bonchev–Trinajstić information content (AvgIpc) is 3.48. The second-order valence-electron chi connectivity index (χ2n) is 14.7. The molecule has 7 heteroatoms. The average molecular weight is 684 g/mol. The highest BCUT2D eigenvalue weighted by atomic mass is 16.6. The van der Waals surface area contributed by atoms with Gasteiger partial charge in [-0.2, -0.15) is 0 Å². The molecule has 1 rings (SSSR count). The van der Waals surface area contributed by atoms with Crippen LogP contribution in [0.5, 0.6) is 0 Å². The van der Waals surface area contributed by atoms with E-state index >= 15 is 0 Å². The van der Waals surface area contributed by atoms with Gasteiger partial charge in [0.2, 0.25) is 0 Å².